The lowest BCUT2D eigenvalue weighted by atomic mass is 10.2. The fourth-order valence-corrected chi connectivity index (χ4v) is 0.629. The molecule has 0 bridgehead atoms. The Bertz CT molecular complexity index is 138. The Hall–Kier alpha value is -0.670. The molecule has 3 nitrogen and oxygen atoms in total. The minimum absolute atomic E-state index is 0.208. The summed E-state index contributed by atoms with van der Waals surface area (Å²) < 4.78 is 0. The summed E-state index contributed by atoms with van der Waals surface area (Å²) in [6.07, 6.45) is 3.25. The van der Waals surface area contributed by atoms with Crippen LogP contribution in [0.1, 0.15) is 26.2 Å². The number of carbonyl (C=O) groups is 1. The van der Waals surface area contributed by atoms with Gasteiger partial charge in [0.2, 0.25) is 0 Å². The highest BCUT2D eigenvalue weighted by molar-refractivity contribution is 5.89. The van der Waals surface area contributed by atoms with Gasteiger partial charge in [-0.2, -0.15) is 0 Å². The van der Waals surface area contributed by atoms with Crippen LogP contribution in [0.4, 0.5) is 0 Å². The molecule has 3 heteroatoms. The first-order chi connectivity index (χ1) is 5.16. The van der Waals surface area contributed by atoms with Gasteiger partial charge in [-0.25, -0.2) is 0 Å². The van der Waals surface area contributed by atoms with Gasteiger partial charge in [-0.15, -0.1) is 0 Å². The molecule has 0 radical (unpaired) electrons. The highest BCUT2D eigenvalue weighted by atomic mass is 16.5. The Morgan fingerprint density at radius 1 is 1.55 bits per heavy atom. The molecular weight excluding hydrogens is 144 g/mol. The number of ketones is 1. The average Bonchev–Trinajstić information content (AvgIpc) is 1.86. The van der Waals surface area contributed by atoms with Crippen molar-refractivity contribution < 1.29 is 15.0 Å². The maximum absolute atomic E-state index is 10.7. The summed E-state index contributed by atoms with van der Waals surface area (Å²) in [4.78, 5) is 10.7. The second kappa shape index (κ2) is 6.07. The fraction of sp³-hybridized carbons (Fsp3) is 0.625. The zero-order valence-corrected chi connectivity index (χ0v) is 6.66. The molecule has 11 heavy (non-hydrogen) atoms. The van der Waals surface area contributed by atoms with Crippen LogP contribution in [0.3, 0.4) is 0 Å². The quantitative estimate of drug-likeness (QED) is 0.455. The van der Waals surface area contributed by atoms with E-state index in [1.807, 2.05) is 6.92 Å². The largest absolute Gasteiger partial charge is 0.368 e. The number of aliphatic hydroxyl groups excluding tert-OH is 1. The van der Waals surface area contributed by atoms with Gasteiger partial charge in [-0.3, -0.25) is 4.79 Å². The molecule has 0 heterocycles. The van der Waals surface area contributed by atoms with E-state index in [-0.39, 0.29) is 12.2 Å². The first-order valence-corrected chi connectivity index (χ1v) is 3.72. The normalized spacial score (nSPS) is 11.3. The van der Waals surface area contributed by atoms with Crippen molar-refractivity contribution in [3.05, 3.63) is 12.2 Å². The van der Waals surface area contributed by atoms with Gasteiger partial charge in [0.1, 0.15) is 0 Å². The molecule has 0 fully saturated rings. The Balaban J connectivity index is 3.51. The van der Waals surface area contributed by atoms with Crippen LogP contribution in [0.5, 0.6) is 0 Å². The van der Waals surface area contributed by atoms with Crippen LogP contribution in [0.2, 0.25) is 0 Å². The maximum Gasteiger partial charge on any atom is 0.160 e. The van der Waals surface area contributed by atoms with Crippen molar-refractivity contribution >= 4 is 5.78 Å². The van der Waals surface area contributed by atoms with Crippen molar-refractivity contribution in [1.29, 1.82) is 0 Å². The van der Waals surface area contributed by atoms with Crippen molar-refractivity contribution in [3.8, 4) is 0 Å². The fourth-order valence-electron chi connectivity index (χ4n) is 0.629. The Kier molecular flexibility index (Phi) is 5.70. The van der Waals surface area contributed by atoms with Crippen LogP contribution in [-0.2, 0) is 4.79 Å². The highest BCUT2D eigenvalue weighted by Gasteiger charge is 2.02. The lowest BCUT2D eigenvalue weighted by molar-refractivity contribution is -0.122. The Morgan fingerprint density at radius 2 is 2.18 bits per heavy atom. The minimum atomic E-state index is -1.52. The van der Waals surface area contributed by atoms with E-state index in [0.717, 1.165) is 12.8 Å². The molecule has 0 atom stereocenters. The lowest BCUT2D eigenvalue weighted by Crippen LogP contribution is -2.09. The summed E-state index contributed by atoms with van der Waals surface area (Å²) in [5, 5.41) is 16.8. The molecule has 0 aliphatic heterocycles. The van der Waals surface area contributed by atoms with Gasteiger partial charge in [-0.05, 0) is 12.5 Å². The molecule has 0 spiro atoms. The molecule has 0 rings (SSSR count). The highest BCUT2D eigenvalue weighted by Crippen LogP contribution is 1.93. The molecular formula is C8H14O3. The lowest BCUT2D eigenvalue weighted by Gasteiger charge is -1.96. The van der Waals surface area contributed by atoms with Crippen LogP contribution in [-0.4, -0.2) is 22.3 Å². The zero-order chi connectivity index (χ0) is 8.69. The predicted octanol–water partition coefficient (Wildman–Crippen LogP) is 0.613. The third-order valence-corrected chi connectivity index (χ3v) is 1.14. The van der Waals surface area contributed by atoms with Gasteiger partial charge in [0.15, 0.2) is 12.1 Å². The van der Waals surface area contributed by atoms with E-state index in [2.05, 4.69) is 0 Å². The van der Waals surface area contributed by atoms with E-state index in [1.54, 1.807) is 6.08 Å². The standard InChI is InChI=1S/C8H14O3/c1-2-3-4-5-7(9)6-8(10)11/h4-5,8,10-11H,2-3,6H2,1H3. The molecule has 0 amide bonds. The number of unbranched alkanes of at least 4 members (excludes halogenated alkanes) is 1. The van der Waals surface area contributed by atoms with Crippen LogP contribution in [0.25, 0.3) is 0 Å². The van der Waals surface area contributed by atoms with E-state index in [4.69, 9.17) is 10.2 Å². The van der Waals surface area contributed by atoms with Crippen LogP contribution in [0.15, 0.2) is 12.2 Å². The molecule has 2 N–H and O–H groups in total. The second-order valence-corrected chi connectivity index (χ2v) is 2.34. The molecule has 64 valence electrons. The smallest absolute Gasteiger partial charge is 0.160 e. The summed E-state index contributed by atoms with van der Waals surface area (Å²) in [5.41, 5.74) is 0. The molecule has 0 aromatic carbocycles. The van der Waals surface area contributed by atoms with Crippen molar-refractivity contribution in [1.82, 2.24) is 0 Å². The SMILES string of the molecule is CCCC=CC(=O)CC(O)O. The number of aliphatic hydroxyl groups is 2. The summed E-state index contributed by atoms with van der Waals surface area (Å²) in [6.45, 7) is 2.01. The Morgan fingerprint density at radius 3 is 2.64 bits per heavy atom. The maximum atomic E-state index is 10.7. The first-order valence-electron chi connectivity index (χ1n) is 3.72. The Labute approximate surface area is 66.4 Å². The summed E-state index contributed by atoms with van der Waals surface area (Å²) in [7, 11) is 0. The number of rotatable bonds is 5. The van der Waals surface area contributed by atoms with Crippen molar-refractivity contribution in [2.45, 2.75) is 32.5 Å². The number of allylic oxidation sites excluding steroid dienone is 2. The van der Waals surface area contributed by atoms with Crippen molar-refractivity contribution in [2.24, 2.45) is 0 Å². The van der Waals surface area contributed by atoms with E-state index in [1.165, 1.54) is 6.08 Å². The van der Waals surface area contributed by atoms with Crippen LogP contribution in [0, 0.1) is 0 Å². The van der Waals surface area contributed by atoms with Crippen molar-refractivity contribution in [2.75, 3.05) is 0 Å². The van der Waals surface area contributed by atoms with E-state index >= 15 is 0 Å². The number of hydrogen-bond acceptors (Lipinski definition) is 3. The van der Waals surface area contributed by atoms with Gasteiger partial charge in [0, 0.05) is 0 Å². The molecule has 0 saturated carbocycles. The summed E-state index contributed by atoms with van der Waals surface area (Å²) in [6, 6.07) is 0. The molecule has 0 unspecified atom stereocenters. The summed E-state index contributed by atoms with van der Waals surface area (Å²) in [5.74, 6) is -0.242. The first kappa shape index (κ1) is 10.3. The summed E-state index contributed by atoms with van der Waals surface area (Å²) >= 11 is 0. The average molecular weight is 158 g/mol. The molecule has 0 aromatic heterocycles. The molecule has 0 aliphatic rings. The third kappa shape index (κ3) is 7.22. The number of hydrogen-bond donors (Lipinski definition) is 2. The van der Waals surface area contributed by atoms with Gasteiger partial charge in [0.05, 0.1) is 6.42 Å². The van der Waals surface area contributed by atoms with E-state index in [9.17, 15) is 4.79 Å². The molecule has 0 aromatic rings. The predicted molar refractivity (Wildman–Crippen MR) is 41.9 cm³/mol. The number of carbonyl (C=O) groups excluding carboxylic acids is 1. The van der Waals surface area contributed by atoms with Gasteiger partial charge in [-0.1, -0.05) is 19.4 Å². The molecule has 0 aliphatic carbocycles. The van der Waals surface area contributed by atoms with Crippen LogP contribution < -0.4 is 0 Å². The van der Waals surface area contributed by atoms with Gasteiger partial charge >= 0.3 is 0 Å². The third-order valence-electron chi connectivity index (χ3n) is 1.14. The minimum Gasteiger partial charge on any atom is -0.368 e. The topological polar surface area (TPSA) is 57.5 Å². The second-order valence-electron chi connectivity index (χ2n) is 2.34. The van der Waals surface area contributed by atoms with E-state index < -0.39 is 6.29 Å². The zero-order valence-electron chi connectivity index (χ0n) is 6.66. The van der Waals surface area contributed by atoms with Gasteiger partial charge < -0.3 is 10.2 Å². The van der Waals surface area contributed by atoms with Crippen molar-refractivity contribution in [3.63, 3.8) is 0 Å². The monoisotopic (exact) mass is 158 g/mol. The van der Waals surface area contributed by atoms with Gasteiger partial charge in [0.25, 0.3) is 0 Å². The molecule has 0 saturated heterocycles. The van der Waals surface area contributed by atoms with Crippen LogP contribution >= 0.6 is 0 Å². The van der Waals surface area contributed by atoms with E-state index in [0.29, 0.717) is 0 Å².